The van der Waals surface area contributed by atoms with Gasteiger partial charge >= 0.3 is 0 Å². The fourth-order valence-corrected chi connectivity index (χ4v) is 3.98. The molecule has 0 fully saturated rings. The molecule has 0 saturated heterocycles. The van der Waals surface area contributed by atoms with Gasteiger partial charge in [-0.15, -0.1) is 10.1 Å². The third kappa shape index (κ3) is 8.98. The summed E-state index contributed by atoms with van der Waals surface area (Å²) in [6.07, 6.45) is 5.17. The van der Waals surface area contributed by atoms with E-state index in [2.05, 4.69) is 41.4 Å². The zero-order valence-corrected chi connectivity index (χ0v) is 20.8. The highest BCUT2D eigenvalue weighted by Gasteiger charge is 2.16. The predicted octanol–water partition coefficient (Wildman–Crippen LogP) is 6.48. The van der Waals surface area contributed by atoms with E-state index < -0.39 is 5.09 Å². The van der Waals surface area contributed by atoms with Crippen LogP contribution in [0.1, 0.15) is 17.2 Å². The zero-order chi connectivity index (χ0) is 25.8. The molecular formula is C26H25Cl2N3O5. The van der Waals surface area contributed by atoms with Crippen LogP contribution < -0.4 is 0 Å². The van der Waals surface area contributed by atoms with Gasteiger partial charge in [-0.25, -0.2) is 4.98 Å². The van der Waals surface area contributed by atoms with Gasteiger partial charge in [0.1, 0.15) is 6.10 Å². The minimum Gasteiger partial charge on any atom is -0.374 e. The summed E-state index contributed by atoms with van der Waals surface area (Å²) in [6.45, 7) is 2.06. The SMILES string of the molecule is Clc1ccc(C(Cn2ccnc2)OCCOCc2ccc(-c3ccccc3)cc2)c(Cl)c1.O=[N+]([O-])O. The quantitative estimate of drug-likeness (QED) is 0.143. The van der Waals surface area contributed by atoms with Gasteiger partial charge in [-0.1, -0.05) is 83.9 Å². The Balaban J connectivity index is 0.000000840. The number of hydrogen-bond acceptors (Lipinski definition) is 5. The van der Waals surface area contributed by atoms with Crippen molar-refractivity contribution in [2.75, 3.05) is 13.2 Å². The van der Waals surface area contributed by atoms with Crippen molar-refractivity contribution in [1.82, 2.24) is 9.55 Å². The summed E-state index contributed by atoms with van der Waals surface area (Å²) < 4.78 is 13.9. The number of halogens is 2. The van der Waals surface area contributed by atoms with Crippen molar-refractivity contribution in [1.29, 1.82) is 0 Å². The molecule has 1 heterocycles. The van der Waals surface area contributed by atoms with Crippen LogP contribution >= 0.6 is 23.2 Å². The summed E-state index contributed by atoms with van der Waals surface area (Å²) in [5.41, 5.74) is 4.42. The molecule has 0 saturated carbocycles. The molecule has 188 valence electrons. The molecule has 1 N–H and O–H groups in total. The van der Waals surface area contributed by atoms with Crippen molar-refractivity contribution < 1.29 is 19.8 Å². The summed E-state index contributed by atoms with van der Waals surface area (Å²) >= 11 is 12.5. The van der Waals surface area contributed by atoms with Crippen LogP contribution in [0.5, 0.6) is 0 Å². The molecule has 3 aromatic carbocycles. The summed E-state index contributed by atoms with van der Waals surface area (Å²) in [7, 11) is 0. The molecule has 0 spiro atoms. The van der Waals surface area contributed by atoms with Crippen molar-refractivity contribution in [2.45, 2.75) is 19.3 Å². The molecule has 8 nitrogen and oxygen atoms in total. The normalized spacial score (nSPS) is 11.4. The van der Waals surface area contributed by atoms with Gasteiger partial charge in [0, 0.05) is 28.0 Å². The monoisotopic (exact) mass is 529 g/mol. The fourth-order valence-electron chi connectivity index (χ4n) is 3.45. The van der Waals surface area contributed by atoms with Gasteiger partial charge in [0.2, 0.25) is 0 Å². The smallest absolute Gasteiger partial charge is 0.291 e. The minimum atomic E-state index is -1.50. The summed E-state index contributed by atoms with van der Waals surface area (Å²) in [5.74, 6) is 0. The van der Waals surface area contributed by atoms with E-state index in [4.69, 9.17) is 48.0 Å². The van der Waals surface area contributed by atoms with Crippen molar-refractivity contribution in [3.63, 3.8) is 0 Å². The Labute approximate surface area is 218 Å². The first-order valence-corrected chi connectivity index (χ1v) is 11.8. The lowest BCUT2D eigenvalue weighted by Crippen LogP contribution is -2.15. The maximum atomic E-state index is 8.36. The van der Waals surface area contributed by atoms with E-state index in [1.165, 1.54) is 11.1 Å². The molecular weight excluding hydrogens is 505 g/mol. The Morgan fingerprint density at radius 2 is 1.69 bits per heavy atom. The first-order valence-electron chi connectivity index (χ1n) is 11.0. The zero-order valence-electron chi connectivity index (χ0n) is 19.2. The Morgan fingerprint density at radius 1 is 1.00 bits per heavy atom. The molecule has 36 heavy (non-hydrogen) atoms. The third-order valence-corrected chi connectivity index (χ3v) is 5.68. The third-order valence-electron chi connectivity index (χ3n) is 5.12. The maximum Gasteiger partial charge on any atom is 0.291 e. The average molecular weight is 530 g/mol. The Hall–Kier alpha value is -3.43. The molecule has 1 aromatic heterocycles. The van der Waals surface area contributed by atoms with Gasteiger partial charge in [0.05, 0.1) is 32.7 Å². The summed E-state index contributed by atoms with van der Waals surface area (Å²) in [4.78, 5) is 12.5. The van der Waals surface area contributed by atoms with Gasteiger partial charge < -0.3 is 19.2 Å². The van der Waals surface area contributed by atoms with Gasteiger partial charge in [-0.3, -0.25) is 0 Å². The molecule has 1 unspecified atom stereocenters. The second-order valence-electron chi connectivity index (χ2n) is 7.64. The molecule has 4 aromatic rings. The second kappa shape index (κ2) is 14.2. The van der Waals surface area contributed by atoms with E-state index in [0.717, 1.165) is 11.1 Å². The first kappa shape index (κ1) is 27.2. The number of benzene rings is 3. The molecule has 0 aliphatic rings. The van der Waals surface area contributed by atoms with Crippen LogP contribution in [-0.4, -0.2) is 33.1 Å². The first-order chi connectivity index (χ1) is 17.4. The lowest BCUT2D eigenvalue weighted by atomic mass is 10.0. The topological polar surface area (TPSA) is 99.7 Å². The molecule has 0 aliphatic carbocycles. The number of rotatable bonds is 10. The molecule has 4 rings (SSSR count). The van der Waals surface area contributed by atoms with Crippen molar-refractivity contribution in [3.8, 4) is 11.1 Å². The fraction of sp³-hybridized carbons (Fsp3) is 0.192. The Bertz CT molecular complexity index is 1200. The van der Waals surface area contributed by atoms with Gasteiger partial charge in [-0.05, 0) is 28.8 Å². The van der Waals surface area contributed by atoms with Crippen molar-refractivity contribution in [2.24, 2.45) is 0 Å². The van der Waals surface area contributed by atoms with E-state index >= 15 is 0 Å². The van der Waals surface area contributed by atoms with E-state index in [0.29, 0.717) is 36.4 Å². The van der Waals surface area contributed by atoms with Crippen LogP contribution in [0.15, 0.2) is 91.5 Å². The van der Waals surface area contributed by atoms with Crippen LogP contribution in [0.4, 0.5) is 0 Å². The lowest BCUT2D eigenvalue weighted by molar-refractivity contribution is -0.742. The predicted molar refractivity (Wildman–Crippen MR) is 138 cm³/mol. The van der Waals surface area contributed by atoms with Gasteiger partial charge in [-0.2, -0.15) is 0 Å². The number of imidazole rings is 1. The number of hydrogen-bond donors (Lipinski definition) is 1. The largest absolute Gasteiger partial charge is 0.374 e. The Kier molecular flexibility index (Phi) is 10.7. The molecule has 0 aliphatic heterocycles. The van der Waals surface area contributed by atoms with Crippen LogP contribution in [-0.2, 0) is 22.6 Å². The standard InChI is InChI=1S/C26H24Cl2N2O2.HNO3/c27-23-10-11-24(25(28)16-23)26(17-30-13-12-29-19-30)32-15-14-31-18-20-6-8-22(9-7-20)21-4-2-1-3-5-21;2-1(3)4/h1-13,16,19,26H,14-15,17-18H2;(H,2,3,4). The maximum absolute atomic E-state index is 8.36. The van der Waals surface area contributed by atoms with E-state index in [1.54, 1.807) is 18.6 Å². The van der Waals surface area contributed by atoms with E-state index in [1.807, 2.05) is 41.1 Å². The van der Waals surface area contributed by atoms with Crippen molar-refractivity contribution >= 4 is 23.2 Å². The molecule has 10 heteroatoms. The highest BCUT2D eigenvalue weighted by atomic mass is 35.5. The van der Waals surface area contributed by atoms with Gasteiger partial charge in [0.15, 0.2) is 0 Å². The van der Waals surface area contributed by atoms with Crippen LogP contribution in [0.25, 0.3) is 11.1 Å². The number of ether oxygens (including phenoxy) is 2. The second-order valence-corrected chi connectivity index (χ2v) is 8.48. The Morgan fingerprint density at radius 3 is 2.33 bits per heavy atom. The average Bonchev–Trinajstić information content (AvgIpc) is 3.37. The summed E-state index contributed by atoms with van der Waals surface area (Å²) in [6, 6.07) is 24.2. The number of aromatic nitrogens is 2. The highest BCUT2D eigenvalue weighted by molar-refractivity contribution is 6.35. The molecule has 1 atom stereocenters. The van der Waals surface area contributed by atoms with Crippen LogP contribution in [0.3, 0.4) is 0 Å². The van der Waals surface area contributed by atoms with Crippen LogP contribution in [0.2, 0.25) is 10.0 Å². The molecule has 0 bridgehead atoms. The van der Waals surface area contributed by atoms with E-state index in [9.17, 15) is 0 Å². The van der Waals surface area contributed by atoms with E-state index in [-0.39, 0.29) is 6.10 Å². The minimum absolute atomic E-state index is 0.234. The summed E-state index contributed by atoms with van der Waals surface area (Å²) in [5, 5.41) is 14.8. The molecule has 0 radical (unpaired) electrons. The molecule has 0 amide bonds. The van der Waals surface area contributed by atoms with Gasteiger partial charge in [0.25, 0.3) is 5.09 Å². The lowest BCUT2D eigenvalue weighted by Gasteiger charge is -2.20. The van der Waals surface area contributed by atoms with Crippen LogP contribution in [0, 0.1) is 10.1 Å². The highest BCUT2D eigenvalue weighted by Crippen LogP contribution is 2.29. The van der Waals surface area contributed by atoms with Crippen molar-refractivity contribution in [3.05, 3.63) is 123 Å². The number of nitrogens with zero attached hydrogens (tertiary/aromatic N) is 3.